The number of carbonyl (C=O) groups excluding carboxylic acids is 1. The lowest BCUT2D eigenvalue weighted by Gasteiger charge is -2.31. The third-order valence-corrected chi connectivity index (χ3v) is 4.49. The van der Waals surface area contributed by atoms with Crippen LogP contribution in [0.15, 0.2) is 60.7 Å². The Kier molecular flexibility index (Phi) is 6.26. The molecule has 2 N–H and O–H groups in total. The number of ether oxygens (including phenoxy) is 3. The van der Waals surface area contributed by atoms with Crippen molar-refractivity contribution in [1.29, 1.82) is 0 Å². The van der Waals surface area contributed by atoms with Gasteiger partial charge in [0, 0.05) is 13.0 Å². The maximum absolute atomic E-state index is 12.1. The minimum absolute atomic E-state index is 0.259. The van der Waals surface area contributed by atoms with Gasteiger partial charge in [-0.05, 0) is 31.0 Å². The van der Waals surface area contributed by atoms with E-state index < -0.39 is 24.2 Å². The zero-order chi connectivity index (χ0) is 18.4. The molecule has 0 saturated carbocycles. The number of nitrogens with two attached hydrogens (primary N) is 1. The first kappa shape index (κ1) is 18.4. The van der Waals surface area contributed by atoms with Gasteiger partial charge in [0.2, 0.25) is 0 Å². The largest absolute Gasteiger partial charge is 0.484 e. The van der Waals surface area contributed by atoms with Crippen molar-refractivity contribution in [3.8, 4) is 5.75 Å². The van der Waals surface area contributed by atoms with E-state index in [0.29, 0.717) is 25.2 Å². The molecule has 138 valence electrons. The number of hydrogen-bond donors (Lipinski definition) is 1. The molecule has 0 aromatic heterocycles. The first-order valence-corrected chi connectivity index (χ1v) is 8.97. The van der Waals surface area contributed by atoms with Crippen molar-refractivity contribution in [1.82, 2.24) is 0 Å². The molecule has 2 aromatic rings. The number of para-hydroxylation sites is 1. The highest BCUT2D eigenvalue weighted by molar-refractivity contribution is 5.75. The molecular weight excluding hydrogens is 330 g/mol. The topological polar surface area (TPSA) is 70.8 Å². The van der Waals surface area contributed by atoms with Crippen LogP contribution in [0.2, 0.25) is 0 Å². The summed E-state index contributed by atoms with van der Waals surface area (Å²) in [7, 11) is 0. The standard InChI is InChI=1S/C21H25NO4/c1-15-20(26-17-10-6-3-7-11-17)19(14-16-8-4-2-5-9-16)24-13-12-18(22)21(23)25-15/h2-11,15,18-20H,12-14,22H2,1H3/t15-,18-,19+,20-/m0/s1. The number of hydrogen-bond acceptors (Lipinski definition) is 5. The molecule has 2 aromatic carbocycles. The Labute approximate surface area is 154 Å². The quantitative estimate of drug-likeness (QED) is 0.854. The number of esters is 1. The highest BCUT2D eigenvalue weighted by Crippen LogP contribution is 2.22. The van der Waals surface area contributed by atoms with Crippen molar-refractivity contribution in [2.24, 2.45) is 5.73 Å². The second-order valence-corrected chi connectivity index (χ2v) is 6.53. The normalized spacial score (nSPS) is 26.9. The Hall–Kier alpha value is -2.37. The van der Waals surface area contributed by atoms with Crippen LogP contribution < -0.4 is 10.5 Å². The third kappa shape index (κ3) is 4.84. The molecule has 1 aliphatic rings. The fourth-order valence-corrected chi connectivity index (χ4v) is 3.05. The number of benzene rings is 2. The predicted octanol–water partition coefficient (Wildman–Crippen LogP) is 2.72. The number of cyclic esters (lactones) is 1. The van der Waals surface area contributed by atoms with Crippen molar-refractivity contribution in [3.63, 3.8) is 0 Å². The van der Waals surface area contributed by atoms with Crippen LogP contribution in [0.5, 0.6) is 5.75 Å². The van der Waals surface area contributed by atoms with Crippen molar-refractivity contribution >= 4 is 5.97 Å². The number of rotatable bonds is 4. The van der Waals surface area contributed by atoms with Crippen LogP contribution in [0.25, 0.3) is 0 Å². The van der Waals surface area contributed by atoms with E-state index in [2.05, 4.69) is 12.1 Å². The van der Waals surface area contributed by atoms with Gasteiger partial charge in [-0.15, -0.1) is 0 Å². The summed E-state index contributed by atoms with van der Waals surface area (Å²) >= 11 is 0. The Morgan fingerprint density at radius 2 is 1.73 bits per heavy atom. The van der Waals surface area contributed by atoms with Crippen molar-refractivity contribution in [2.75, 3.05) is 6.61 Å². The van der Waals surface area contributed by atoms with E-state index in [1.165, 1.54) is 0 Å². The van der Waals surface area contributed by atoms with Crippen LogP contribution in [0, 0.1) is 0 Å². The second kappa shape index (κ2) is 8.83. The minimum Gasteiger partial charge on any atom is -0.484 e. The van der Waals surface area contributed by atoms with E-state index >= 15 is 0 Å². The van der Waals surface area contributed by atoms with E-state index in [9.17, 15) is 4.79 Å². The van der Waals surface area contributed by atoms with Gasteiger partial charge in [0.15, 0.2) is 6.10 Å². The van der Waals surface area contributed by atoms with Crippen LogP contribution in [0.4, 0.5) is 0 Å². The maximum Gasteiger partial charge on any atom is 0.323 e. The minimum atomic E-state index is -0.676. The van der Waals surface area contributed by atoms with Crippen LogP contribution in [-0.4, -0.2) is 36.9 Å². The Morgan fingerprint density at radius 3 is 2.42 bits per heavy atom. The van der Waals surface area contributed by atoms with Crippen molar-refractivity contribution in [3.05, 3.63) is 66.2 Å². The molecule has 5 heteroatoms. The predicted molar refractivity (Wildman–Crippen MR) is 98.9 cm³/mol. The molecule has 26 heavy (non-hydrogen) atoms. The first-order valence-electron chi connectivity index (χ1n) is 8.97. The maximum atomic E-state index is 12.1. The summed E-state index contributed by atoms with van der Waals surface area (Å²) in [5.41, 5.74) is 7.02. The molecule has 1 heterocycles. The molecule has 0 radical (unpaired) electrons. The molecule has 0 unspecified atom stereocenters. The molecular formula is C21H25NO4. The van der Waals surface area contributed by atoms with Gasteiger partial charge in [-0.25, -0.2) is 0 Å². The molecule has 0 bridgehead atoms. The van der Waals surface area contributed by atoms with Gasteiger partial charge < -0.3 is 19.9 Å². The molecule has 1 saturated heterocycles. The molecule has 0 amide bonds. The molecule has 0 spiro atoms. The summed E-state index contributed by atoms with van der Waals surface area (Å²) < 4.78 is 17.9. The van der Waals surface area contributed by atoms with Gasteiger partial charge in [-0.2, -0.15) is 0 Å². The van der Waals surface area contributed by atoms with Gasteiger partial charge in [0.05, 0.1) is 0 Å². The van der Waals surface area contributed by atoms with Crippen LogP contribution in [0.3, 0.4) is 0 Å². The van der Waals surface area contributed by atoms with E-state index in [4.69, 9.17) is 19.9 Å². The van der Waals surface area contributed by atoms with Crippen LogP contribution in [0.1, 0.15) is 18.9 Å². The van der Waals surface area contributed by atoms with E-state index in [1.807, 2.05) is 55.5 Å². The molecule has 3 rings (SSSR count). The fourth-order valence-electron chi connectivity index (χ4n) is 3.05. The Morgan fingerprint density at radius 1 is 1.08 bits per heavy atom. The summed E-state index contributed by atoms with van der Waals surface area (Å²) in [5, 5.41) is 0. The zero-order valence-electron chi connectivity index (χ0n) is 14.9. The number of carbonyl (C=O) groups is 1. The lowest BCUT2D eigenvalue weighted by molar-refractivity contribution is -0.156. The van der Waals surface area contributed by atoms with Gasteiger partial charge in [0.25, 0.3) is 0 Å². The zero-order valence-corrected chi connectivity index (χ0v) is 14.9. The van der Waals surface area contributed by atoms with Gasteiger partial charge in [-0.1, -0.05) is 48.5 Å². The van der Waals surface area contributed by atoms with Gasteiger partial charge in [0.1, 0.15) is 24.0 Å². The molecule has 4 atom stereocenters. The summed E-state index contributed by atoms with van der Waals surface area (Å²) in [6, 6.07) is 18.9. The monoisotopic (exact) mass is 355 g/mol. The Bertz CT molecular complexity index is 692. The second-order valence-electron chi connectivity index (χ2n) is 6.53. The summed E-state index contributed by atoms with van der Waals surface area (Å²) in [6.07, 6.45) is -0.0946. The van der Waals surface area contributed by atoms with E-state index in [-0.39, 0.29) is 6.10 Å². The lowest BCUT2D eigenvalue weighted by Crippen LogP contribution is -2.45. The van der Waals surface area contributed by atoms with Crippen LogP contribution >= 0.6 is 0 Å². The van der Waals surface area contributed by atoms with Crippen molar-refractivity contribution in [2.45, 2.75) is 44.1 Å². The first-order chi connectivity index (χ1) is 12.6. The molecule has 0 aliphatic carbocycles. The van der Waals surface area contributed by atoms with Crippen molar-refractivity contribution < 1.29 is 19.0 Å². The Balaban J connectivity index is 1.85. The SMILES string of the molecule is C[C@@H]1OC(=O)[C@@H](N)CCO[C@H](Cc2ccccc2)[C@H]1Oc1ccccc1. The average Bonchev–Trinajstić information content (AvgIpc) is 2.70. The third-order valence-electron chi connectivity index (χ3n) is 4.49. The summed E-state index contributed by atoms with van der Waals surface area (Å²) in [5.74, 6) is 0.300. The van der Waals surface area contributed by atoms with Gasteiger partial charge in [-0.3, -0.25) is 4.79 Å². The highest BCUT2D eigenvalue weighted by Gasteiger charge is 2.35. The molecule has 1 fully saturated rings. The fraction of sp³-hybridized carbons (Fsp3) is 0.381. The average molecular weight is 355 g/mol. The van der Waals surface area contributed by atoms with Crippen LogP contribution in [-0.2, 0) is 20.7 Å². The summed E-state index contributed by atoms with van der Waals surface area (Å²) in [6.45, 7) is 2.21. The summed E-state index contributed by atoms with van der Waals surface area (Å²) in [4.78, 5) is 12.1. The molecule has 1 aliphatic heterocycles. The van der Waals surface area contributed by atoms with Gasteiger partial charge >= 0.3 is 5.97 Å². The van der Waals surface area contributed by atoms with E-state index in [1.54, 1.807) is 0 Å². The highest BCUT2D eigenvalue weighted by atomic mass is 16.6. The lowest BCUT2D eigenvalue weighted by atomic mass is 10.0. The smallest absolute Gasteiger partial charge is 0.323 e. The van der Waals surface area contributed by atoms with E-state index in [0.717, 1.165) is 5.56 Å². The molecule has 5 nitrogen and oxygen atoms in total.